The van der Waals surface area contributed by atoms with E-state index in [0.29, 0.717) is 17.9 Å². The number of hydrogen-bond donors (Lipinski definition) is 1. The number of likely N-dealkylation sites (tertiary alicyclic amines) is 1. The van der Waals surface area contributed by atoms with Crippen LogP contribution in [-0.2, 0) is 0 Å². The lowest BCUT2D eigenvalue weighted by molar-refractivity contribution is 0.0816. The zero-order valence-electron chi connectivity index (χ0n) is 21.1. The molecule has 0 aliphatic carbocycles. The molecule has 0 bridgehead atoms. The fourth-order valence-corrected chi connectivity index (χ4v) is 5.40. The smallest absolute Gasteiger partial charge is 0.262 e. The molecule has 0 saturated carbocycles. The van der Waals surface area contributed by atoms with E-state index < -0.39 is 11.7 Å². The van der Waals surface area contributed by atoms with Crippen molar-refractivity contribution in [2.45, 2.75) is 12.5 Å². The maximum atomic E-state index is 14.3. The molecule has 2 aliphatic heterocycles. The third kappa shape index (κ3) is 5.59. The summed E-state index contributed by atoms with van der Waals surface area (Å²) in [5, 5.41) is 3.31. The van der Waals surface area contributed by atoms with Crippen molar-refractivity contribution in [3.05, 3.63) is 112 Å². The predicted octanol–water partition coefficient (Wildman–Crippen LogP) is 5.32. The van der Waals surface area contributed by atoms with Crippen LogP contribution in [0.5, 0.6) is 5.75 Å². The highest BCUT2D eigenvalue weighted by Gasteiger charge is 2.36. The van der Waals surface area contributed by atoms with Crippen molar-refractivity contribution in [3.63, 3.8) is 0 Å². The van der Waals surface area contributed by atoms with Gasteiger partial charge in [-0.25, -0.2) is 4.39 Å². The number of carbonyl (C=O) groups excluding carboxylic acids is 2. The molecule has 8 heteroatoms. The molecule has 2 amide bonds. The van der Waals surface area contributed by atoms with E-state index >= 15 is 0 Å². The Morgan fingerprint density at radius 2 is 1.82 bits per heavy atom. The lowest BCUT2D eigenvalue weighted by Gasteiger charge is -2.24. The second-order valence-corrected chi connectivity index (χ2v) is 10.1. The van der Waals surface area contributed by atoms with E-state index in [0.717, 1.165) is 37.2 Å². The molecule has 6 nitrogen and oxygen atoms in total. The van der Waals surface area contributed by atoms with Crippen molar-refractivity contribution >= 4 is 23.4 Å². The molecule has 1 fully saturated rings. The molecule has 0 radical (unpaired) electrons. The fourth-order valence-electron chi connectivity index (χ4n) is 5.15. The normalized spacial score (nSPS) is 17.6. The van der Waals surface area contributed by atoms with Crippen LogP contribution < -0.4 is 10.1 Å². The van der Waals surface area contributed by atoms with Gasteiger partial charge in [0, 0.05) is 43.9 Å². The van der Waals surface area contributed by atoms with Crippen LogP contribution in [0.1, 0.15) is 38.7 Å². The topological polar surface area (TPSA) is 61.9 Å². The van der Waals surface area contributed by atoms with Gasteiger partial charge in [-0.05, 0) is 54.0 Å². The van der Waals surface area contributed by atoms with Crippen molar-refractivity contribution in [1.82, 2.24) is 15.1 Å². The van der Waals surface area contributed by atoms with E-state index in [4.69, 9.17) is 16.3 Å². The van der Waals surface area contributed by atoms with E-state index in [1.165, 1.54) is 18.2 Å². The van der Waals surface area contributed by atoms with Gasteiger partial charge in [0.1, 0.15) is 11.6 Å². The molecule has 1 N–H and O–H groups in total. The van der Waals surface area contributed by atoms with Gasteiger partial charge in [-0.3, -0.25) is 14.5 Å². The van der Waals surface area contributed by atoms with E-state index in [1.54, 1.807) is 36.3 Å². The average molecular weight is 534 g/mol. The summed E-state index contributed by atoms with van der Waals surface area (Å²) in [5.41, 5.74) is 2.70. The molecule has 38 heavy (non-hydrogen) atoms. The molecule has 196 valence electrons. The highest BCUT2D eigenvalue weighted by Crippen LogP contribution is 2.32. The van der Waals surface area contributed by atoms with Crippen molar-refractivity contribution in [2.75, 3.05) is 33.3 Å². The summed E-state index contributed by atoms with van der Waals surface area (Å²) in [5.74, 6) is -0.250. The molecule has 1 saturated heterocycles. The van der Waals surface area contributed by atoms with Crippen molar-refractivity contribution in [2.24, 2.45) is 5.92 Å². The Labute approximate surface area is 226 Å². The third-order valence-electron chi connectivity index (χ3n) is 7.18. The average Bonchev–Trinajstić information content (AvgIpc) is 3.50. The quantitative estimate of drug-likeness (QED) is 0.426. The van der Waals surface area contributed by atoms with Crippen molar-refractivity contribution in [1.29, 1.82) is 0 Å². The minimum absolute atomic E-state index is 0.0823. The van der Waals surface area contributed by atoms with Crippen molar-refractivity contribution in [3.8, 4) is 5.75 Å². The number of amides is 2. The van der Waals surface area contributed by atoms with Crippen LogP contribution in [0, 0.1) is 11.7 Å². The van der Waals surface area contributed by atoms with Gasteiger partial charge in [-0.15, -0.1) is 0 Å². The number of hydrogen-bond acceptors (Lipinski definition) is 4. The van der Waals surface area contributed by atoms with Gasteiger partial charge in [0.05, 0.1) is 23.7 Å². The maximum Gasteiger partial charge on any atom is 0.262 e. The van der Waals surface area contributed by atoms with Crippen molar-refractivity contribution < 1.29 is 18.7 Å². The number of nitrogens with zero attached hydrogens (tertiary/aromatic N) is 2. The van der Waals surface area contributed by atoms with Gasteiger partial charge in [-0.2, -0.15) is 0 Å². The Bertz CT molecular complexity index is 1330. The van der Waals surface area contributed by atoms with E-state index in [9.17, 15) is 14.0 Å². The Morgan fingerprint density at radius 3 is 2.50 bits per heavy atom. The molecule has 2 atom stereocenters. The molecular formula is C30H29ClFN3O3. The minimum Gasteiger partial charge on any atom is -0.497 e. The van der Waals surface area contributed by atoms with E-state index in [1.807, 2.05) is 36.5 Å². The first-order valence-corrected chi connectivity index (χ1v) is 13.0. The fraction of sp³-hybridized carbons (Fsp3) is 0.267. The molecule has 0 aromatic heterocycles. The number of fused-ring (bicyclic) bond motifs is 1. The van der Waals surface area contributed by atoms with Gasteiger partial charge in [-0.1, -0.05) is 48.0 Å². The lowest BCUT2D eigenvalue weighted by atomic mass is 10.0. The monoisotopic (exact) mass is 533 g/mol. The maximum absolute atomic E-state index is 14.3. The van der Waals surface area contributed by atoms with Crippen LogP contribution in [0.25, 0.3) is 0 Å². The second kappa shape index (κ2) is 11.4. The number of halogens is 2. The zero-order valence-corrected chi connectivity index (χ0v) is 21.8. The molecule has 3 aromatic rings. The molecular weight excluding hydrogens is 505 g/mol. The van der Waals surface area contributed by atoms with Gasteiger partial charge >= 0.3 is 0 Å². The first kappa shape index (κ1) is 25.9. The van der Waals surface area contributed by atoms with Crippen LogP contribution in [0.2, 0.25) is 5.02 Å². The number of ether oxygens (including phenoxy) is 1. The molecule has 3 aromatic carbocycles. The number of carbonyl (C=O) groups is 2. The highest BCUT2D eigenvalue weighted by atomic mass is 35.5. The number of nitrogens with one attached hydrogen (secondary N) is 1. The SMILES string of the molecule is COc1ccc(C(=O)N[C@@H](CCN2CC3=CN(C(=O)c4c(F)cccc4Cl)CC3C2)c2ccccc2)cc1. The molecule has 0 spiro atoms. The molecule has 5 rings (SSSR count). The number of rotatable bonds is 8. The van der Waals surface area contributed by atoms with Crippen LogP contribution >= 0.6 is 11.6 Å². The van der Waals surface area contributed by atoms with Crippen LogP contribution in [0.4, 0.5) is 4.39 Å². The van der Waals surface area contributed by atoms with Gasteiger partial charge in [0.25, 0.3) is 11.8 Å². The Kier molecular flexibility index (Phi) is 7.77. The summed E-state index contributed by atoms with van der Waals surface area (Å²) in [7, 11) is 1.59. The first-order chi connectivity index (χ1) is 18.4. The van der Waals surface area contributed by atoms with E-state index in [-0.39, 0.29) is 28.5 Å². The van der Waals surface area contributed by atoms with E-state index in [2.05, 4.69) is 10.2 Å². The highest BCUT2D eigenvalue weighted by molar-refractivity contribution is 6.33. The van der Waals surface area contributed by atoms with Gasteiger partial charge in [0.2, 0.25) is 0 Å². The summed E-state index contributed by atoms with van der Waals surface area (Å²) >= 11 is 6.10. The summed E-state index contributed by atoms with van der Waals surface area (Å²) in [6, 6.07) is 21.1. The largest absolute Gasteiger partial charge is 0.497 e. The summed E-state index contributed by atoms with van der Waals surface area (Å²) in [4.78, 5) is 29.8. The van der Waals surface area contributed by atoms with Crippen LogP contribution in [0.3, 0.4) is 0 Å². The first-order valence-electron chi connectivity index (χ1n) is 12.6. The minimum atomic E-state index is -0.608. The number of benzene rings is 3. The summed E-state index contributed by atoms with van der Waals surface area (Å²) in [6.07, 6.45) is 2.58. The van der Waals surface area contributed by atoms with Crippen LogP contribution in [0.15, 0.2) is 84.6 Å². The van der Waals surface area contributed by atoms with Gasteiger partial charge < -0.3 is 15.0 Å². The molecule has 1 unspecified atom stereocenters. The van der Waals surface area contributed by atoms with Crippen LogP contribution in [-0.4, -0.2) is 54.9 Å². The Hall–Kier alpha value is -3.68. The molecule has 2 heterocycles. The Morgan fingerprint density at radius 1 is 1.05 bits per heavy atom. The number of methoxy groups -OCH3 is 1. The summed E-state index contributed by atoms with van der Waals surface area (Å²) < 4.78 is 19.5. The lowest BCUT2D eigenvalue weighted by Crippen LogP contribution is -2.33. The zero-order chi connectivity index (χ0) is 26.6. The summed E-state index contributed by atoms with van der Waals surface area (Å²) in [6.45, 7) is 2.82. The molecule has 2 aliphatic rings. The predicted molar refractivity (Wildman–Crippen MR) is 145 cm³/mol. The standard InChI is InChI=1S/C30H29ClFN3O3/c1-38-24-12-10-21(11-13-24)29(36)33-27(20-6-3-2-4-7-20)14-15-34-16-22-18-35(19-23(22)17-34)30(37)28-25(31)8-5-9-26(28)32/h2-13,18,23,27H,14-17,19H2,1H3,(H,33,36)/t23?,27-/m0/s1. The van der Waals surface area contributed by atoms with Gasteiger partial charge in [0.15, 0.2) is 0 Å². The Balaban J connectivity index is 1.22. The second-order valence-electron chi connectivity index (χ2n) is 9.64. The third-order valence-corrected chi connectivity index (χ3v) is 7.49.